The Balaban J connectivity index is 2.18. The molecule has 0 unspecified atom stereocenters. The molecule has 0 aliphatic heterocycles. The van der Waals surface area contributed by atoms with Crippen molar-refractivity contribution in [1.29, 1.82) is 0 Å². The molecule has 26 heavy (non-hydrogen) atoms. The van der Waals surface area contributed by atoms with Gasteiger partial charge in [-0.15, -0.1) is 0 Å². The van der Waals surface area contributed by atoms with Gasteiger partial charge in [-0.25, -0.2) is 4.68 Å². The number of H-pyrrole nitrogens is 1. The van der Waals surface area contributed by atoms with Gasteiger partial charge in [0.15, 0.2) is 0 Å². The van der Waals surface area contributed by atoms with Gasteiger partial charge in [0.05, 0.1) is 17.2 Å². The van der Waals surface area contributed by atoms with Crippen molar-refractivity contribution in [3.8, 4) is 5.69 Å². The summed E-state index contributed by atoms with van der Waals surface area (Å²) in [7, 11) is 0. The van der Waals surface area contributed by atoms with E-state index in [-0.39, 0.29) is 10.6 Å². The number of nitrogens with zero attached hydrogens (tertiary/aromatic N) is 2. The third kappa shape index (κ3) is 3.52. The maximum Gasteiger partial charge on any atom is 0.275 e. The predicted molar refractivity (Wildman–Crippen MR) is 101 cm³/mol. The molecule has 134 valence electrons. The van der Waals surface area contributed by atoms with Crippen LogP contribution in [0.3, 0.4) is 0 Å². The van der Waals surface area contributed by atoms with Gasteiger partial charge in [0.25, 0.3) is 5.56 Å². The van der Waals surface area contributed by atoms with Crippen LogP contribution in [0, 0.1) is 17.0 Å². The van der Waals surface area contributed by atoms with Gasteiger partial charge in [-0.05, 0) is 36.8 Å². The molecule has 1 atom stereocenters. The van der Waals surface area contributed by atoms with Crippen molar-refractivity contribution < 1.29 is 4.92 Å². The summed E-state index contributed by atoms with van der Waals surface area (Å²) < 4.78 is 1.38. The summed E-state index contributed by atoms with van der Waals surface area (Å²) in [5.41, 5.74) is 1.67. The normalized spacial score (nSPS) is 12.1. The molecular formula is C18H15Cl2N3O3. The Morgan fingerprint density at radius 1 is 1.19 bits per heavy atom. The largest absolute Gasteiger partial charge is 0.295 e. The molecular weight excluding hydrogens is 377 g/mol. The Morgan fingerprint density at radius 3 is 2.50 bits per heavy atom. The van der Waals surface area contributed by atoms with Gasteiger partial charge in [0, 0.05) is 20.7 Å². The van der Waals surface area contributed by atoms with Crippen LogP contribution >= 0.6 is 23.2 Å². The molecule has 0 aliphatic carbocycles. The average molecular weight is 392 g/mol. The molecule has 0 saturated carbocycles. The molecule has 3 rings (SSSR count). The van der Waals surface area contributed by atoms with Crippen LogP contribution in [-0.2, 0) is 0 Å². The lowest BCUT2D eigenvalue weighted by Crippen LogP contribution is -2.24. The molecule has 1 aromatic heterocycles. The fraction of sp³-hybridized carbons (Fsp3) is 0.167. The first-order valence-corrected chi connectivity index (χ1v) is 8.57. The maximum atomic E-state index is 13.0. The Labute approximate surface area is 159 Å². The number of aromatic amines is 1. The van der Waals surface area contributed by atoms with Crippen LogP contribution in [0.25, 0.3) is 5.69 Å². The van der Waals surface area contributed by atoms with Crippen LogP contribution in [-0.4, -0.2) is 21.2 Å². The van der Waals surface area contributed by atoms with E-state index >= 15 is 0 Å². The van der Waals surface area contributed by atoms with Crippen molar-refractivity contribution in [2.45, 2.75) is 12.8 Å². The summed E-state index contributed by atoms with van der Waals surface area (Å²) in [4.78, 5) is 23.8. The molecule has 0 bridgehead atoms. The van der Waals surface area contributed by atoms with Gasteiger partial charge in [0.1, 0.15) is 0 Å². The van der Waals surface area contributed by atoms with Crippen LogP contribution < -0.4 is 5.56 Å². The predicted octanol–water partition coefficient (Wildman–Crippen LogP) is 4.19. The lowest BCUT2D eigenvalue weighted by Gasteiger charge is -2.14. The molecule has 3 aromatic rings. The number of benzene rings is 2. The minimum Gasteiger partial charge on any atom is -0.295 e. The van der Waals surface area contributed by atoms with Crippen LogP contribution in [0.1, 0.15) is 22.7 Å². The van der Waals surface area contributed by atoms with E-state index < -0.39 is 17.4 Å². The number of hydrogen-bond acceptors (Lipinski definition) is 3. The molecule has 6 nitrogen and oxygen atoms in total. The first kappa shape index (κ1) is 18.2. The van der Waals surface area contributed by atoms with E-state index in [1.807, 2.05) is 18.2 Å². The Bertz CT molecular complexity index is 1010. The number of aryl methyl sites for hydroxylation is 1. The van der Waals surface area contributed by atoms with E-state index in [9.17, 15) is 14.9 Å². The van der Waals surface area contributed by atoms with E-state index in [2.05, 4.69) is 5.10 Å². The quantitative estimate of drug-likeness (QED) is 0.522. The van der Waals surface area contributed by atoms with Gasteiger partial charge in [-0.1, -0.05) is 47.5 Å². The second kappa shape index (κ2) is 7.35. The molecule has 0 radical (unpaired) electrons. The van der Waals surface area contributed by atoms with Crippen molar-refractivity contribution in [3.05, 3.63) is 95.9 Å². The smallest absolute Gasteiger partial charge is 0.275 e. The van der Waals surface area contributed by atoms with Gasteiger partial charge >= 0.3 is 0 Å². The monoisotopic (exact) mass is 391 g/mol. The minimum absolute atomic E-state index is 0.288. The van der Waals surface area contributed by atoms with Gasteiger partial charge in [0.2, 0.25) is 6.54 Å². The number of hydrogen-bond donors (Lipinski definition) is 1. The Morgan fingerprint density at radius 2 is 1.88 bits per heavy atom. The molecule has 1 heterocycles. The second-order valence-electron chi connectivity index (χ2n) is 5.86. The van der Waals surface area contributed by atoms with Gasteiger partial charge in [-0.3, -0.25) is 20.0 Å². The molecule has 0 spiro atoms. The summed E-state index contributed by atoms with van der Waals surface area (Å²) in [6, 6.07) is 13.8. The van der Waals surface area contributed by atoms with E-state index in [1.54, 1.807) is 31.2 Å². The SMILES string of the molecule is Cc1[nH]n(-c2ccccc2)c(=O)c1[C@H](C[N+](=O)[O-])c1ccc(Cl)cc1Cl. The zero-order valence-electron chi connectivity index (χ0n) is 13.8. The zero-order chi connectivity index (χ0) is 18.8. The molecule has 2 aromatic carbocycles. The minimum atomic E-state index is -0.788. The third-order valence-electron chi connectivity index (χ3n) is 4.15. The Hall–Kier alpha value is -2.57. The number of nitrogens with one attached hydrogen (secondary N) is 1. The summed E-state index contributed by atoms with van der Waals surface area (Å²) in [6.07, 6.45) is 0. The van der Waals surface area contributed by atoms with Crippen LogP contribution in [0.5, 0.6) is 0 Å². The highest BCUT2D eigenvalue weighted by atomic mass is 35.5. The number of nitro groups is 1. The summed E-state index contributed by atoms with van der Waals surface area (Å²) in [6.45, 7) is 1.26. The van der Waals surface area contributed by atoms with Gasteiger partial charge in [-0.2, -0.15) is 0 Å². The molecule has 8 heteroatoms. The lowest BCUT2D eigenvalue weighted by atomic mass is 9.91. The van der Waals surface area contributed by atoms with Crippen molar-refractivity contribution in [3.63, 3.8) is 0 Å². The number of aromatic nitrogens is 2. The molecule has 0 saturated heterocycles. The third-order valence-corrected chi connectivity index (χ3v) is 4.71. The highest BCUT2D eigenvalue weighted by Crippen LogP contribution is 2.32. The van der Waals surface area contributed by atoms with E-state index in [0.717, 1.165) is 0 Å². The lowest BCUT2D eigenvalue weighted by molar-refractivity contribution is -0.481. The molecule has 0 amide bonds. The Kier molecular flexibility index (Phi) is 5.15. The maximum absolute atomic E-state index is 13.0. The second-order valence-corrected chi connectivity index (χ2v) is 6.70. The zero-order valence-corrected chi connectivity index (χ0v) is 15.3. The van der Waals surface area contributed by atoms with Gasteiger partial charge < -0.3 is 0 Å². The van der Waals surface area contributed by atoms with Crippen LogP contribution in [0.4, 0.5) is 0 Å². The van der Waals surface area contributed by atoms with E-state index in [1.165, 1.54) is 10.7 Å². The number of para-hydroxylation sites is 1. The summed E-state index contributed by atoms with van der Waals surface area (Å²) >= 11 is 12.2. The first-order chi connectivity index (χ1) is 12.4. The summed E-state index contributed by atoms with van der Waals surface area (Å²) in [5, 5.41) is 15.0. The fourth-order valence-corrected chi connectivity index (χ4v) is 3.55. The van der Waals surface area contributed by atoms with Crippen LogP contribution in [0.2, 0.25) is 10.0 Å². The van der Waals surface area contributed by atoms with E-state index in [0.29, 0.717) is 27.5 Å². The highest BCUT2D eigenvalue weighted by Gasteiger charge is 2.29. The summed E-state index contributed by atoms with van der Waals surface area (Å²) in [5.74, 6) is -0.788. The first-order valence-electron chi connectivity index (χ1n) is 7.82. The van der Waals surface area contributed by atoms with Crippen LogP contribution in [0.15, 0.2) is 53.3 Å². The van der Waals surface area contributed by atoms with Crippen molar-refractivity contribution in [2.24, 2.45) is 0 Å². The number of rotatable bonds is 5. The highest BCUT2D eigenvalue weighted by molar-refractivity contribution is 6.35. The average Bonchev–Trinajstić information content (AvgIpc) is 2.88. The van der Waals surface area contributed by atoms with E-state index in [4.69, 9.17) is 23.2 Å². The standard InChI is InChI=1S/C18H15Cl2N3O3/c1-11-17(18(24)23(21-11)13-5-3-2-4-6-13)15(10-22(25)26)14-8-7-12(19)9-16(14)20/h2-9,15,21H,10H2,1H3/t15-/m1/s1. The molecule has 1 N–H and O–H groups in total. The number of halogens is 2. The van der Waals surface area contributed by atoms with Crippen molar-refractivity contribution in [2.75, 3.05) is 6.54 Å². The topological polar surface area (TPSA) is 80.9 Å². The van der Waals surface area contributed by atoms with Crippen molar-refractivity contribution in [1.82, 2.24) is 9.78 Å². The fourth-order valence-electron chi connectivity index (χ4n) is 3.01. The molecule has 0 aliphatic rings. The van der Waals surface area contributed by atoms with Crippen molar-refractivity contribution >= 4 is 23.2 Å². The molecule has 0 fully saturated rings.